The fourth-order valence-corrected chi connectivity index (χ4v) is 8.28. The normalized spacial score (nSPS) is 12.2. The Bertz CT molecular complexity index is 226. The van der Waals surface area contributed by atoms with Crippen molar-refractivity contribution < 1.29 is 0 Å². The second-order valence-corrected chi connectivity index (χ2v) is 13.0. The molecule has 0 aromatic rings. The van der Waals surface area contributed by atoms with Crippen LogP contribution in [0.4, 0.5) is 0 Å². The monoisotopic (exact) mass is 355 g/mol. The first-order valence-corrected chi connectivity index (χ1v) is 14.0. The number of nitrogens with zero attached hydrogens (tertiary/aromatic N) is 1. The van der Waals surface area contributed by atoms with Gasteiger partial charge in [-0.3, -0.25) is 0 Å². The zero-order chi connectivity index (χ0) is 18.1. The molecule has 0 fully saturated rings. The molecule has 0 N–H and O–H groups in total. The van der Waals surface area contributed by atoms with E-state index in [1.807, 2.05) is 0 Å². The highest BCUT2D eigenvalue weighted by atomic mass is 28.3. The second kappa shape index (κ2) is 16.6. The third kappa shape index (κ3) is 10.2. The van der Waals surface area contributed by atoms with Crippen molar-refractivity contribution in [1.82, 2.24) is 4.57 Å². The first kappa shape index (κ1) is 24.2. The van der Waals surface area contributed by atoms with Gasteiger partial charge in [0.25, 0.3) is 0 Å². The summed E-state index contributed by atoms with van der Waals surface area (Å²) >= 11 is 0. The molecule has 146 valence electrons. The maximum atomic E-state index is 3.02. The molecule has 2 heteroatoms. The lowest BCUT2D eigenvalue weighted by Crippen LogP contribution is -2.52. The van der Waals surface area contributed by atoms with Crippen LogP contribution in [0.2, 0.25) is 18.1 Å². The Kier molecular flexibility index (Phi) is 16.8. The average molecular weight is 356 g/mol. The van der Waals surface area contributed by atoms with Crippen LogP contribution in [-0.4, -0.2) is 25.9 Å². The van der Waals surface area contributed by atoms with Crippen LogP contribution in [0.3, 0.4) is 0 Å². The number of rotatable bonds is 18. The Hall–Kier alpha value is 0.177. The summed E-state index contributed by atoms with van der Waals surface area (Å²) < 4.78 is 3.02. The van der Waals surface area contributed by atoms with Crippen LogP contribution < -0.4 is 0 Å². The van der Waals surface area contributed by atoms with Gasteiger partial charge < -0.3 is 4.57 Å². The van der Waals surface area contributed by atoms with Crippen LogP contribution in [0.1, 0.15) is 112 Å². The van der Waals surface area contributed by atoms with Gasteiger partial charge in [0.1, 0.15) is 8.24 Å². The Morgan fingerprint density at radius 3 is 1.12 bits per heavy atom. The lowest BCUT2D eigenvalue weighted by molar-refractivity contribution is 0.379. The number of hydrogen-bond donors (Lipinski definition) is 0. The Balaban J connectivity index is 4.28. The zero-order valence-electron chi connectivity index (χ0n) is 18.0. The lowest BCUT2D eigenvalue weighted by Gasteiger charge is -2.41. The molecular formula is C22H49NSi. The SMILES string of the molecule is CCCCCCCCN(CCCCCCCC)[Si](CC)(CC)CC. The fourth-order valence-electron chi connectivity index (χ4n) is 4.17. The standard InChI is InChI=1S/C22H49NSi/c1-6-11-13-15-17-19-21-23(24(8-3,9-4)10-5)22-20-18-16-14-12-7-2/h6-22H2,1-5H3. The van der Waals surface area contributed by atoms with E-state index in [2.05, 4.69) is 39.2 Å². The molecule has 1 nitrogen and oxygen atoms in total. The smallest absolute Gasteiger partial charge is 0.127 e. The van der Waals surface area contributed by atoms with Crippen molar-refractivity contribution in [3.8, 4) is 0 Å². The fraction of sp³-hybridized carbons (Fsp3) is 1.00. The predicted octanol–water partition coefficient (Wildman–Crippen LogP) is 8.01. The van der Waals surface area contributed by atoms with E-state index in [0.29, 0.717) is 0 Å². The van der Waals surface area contributed by atoms with Crippen molar-refractivity contribution in [2.75, 3.05) is 13.1 Å². The van der Waals surface area contributed by atoms with E-state index in [4.69, 9.17) is 0 Å². The summed E-state index contributed by atoms with van der Waals surface area (Å²) in [5, 5.41) is 0. The van der Waals surface area contributed by atoms with Crippen molar-refractivity contribution in [1.29, 1.82) is 0 Å². The van der Waals surface area contributed by atoms with Crippen molar-refractivity contribution in [2.45, 2.75) is 130 Å². The molecule has 0 atom stereocenters. The van der Waals surface area contributed by atoms with Gasteiger partial charge in [-0.1, -0.05) is 98.8 Å². The first-order valence-electron chi connectivity index (χ1n) is 11.5. The minimum atomic E-state index is -1.16. The molecule has 0 aliphatic rings. The molecule has 0 radical (unpaired) electrons. The van der Waals surface area contributed by atoms with E-state index in [0.717, 1.165) is 0 Å². The molecule has 0 aromatic carbocycles. The summed E-state index contributed by atoms with van der Waals surface area (Å²) in [7, 11) is -1.16. The maximum Gasteiger partial charge on any atom is 0.127 e. The molecule has 0 unspecified atom stereocenters. The predicted molar refractivity (Wildman–Crippen MR) is 116 cm³/mol. The van der Waals surface area contributed by atoms with Gasteiger partial charge in [0.15, 0.2) is 0 Å². The number of unbranched alkanes of at least 4 members (excludes halogenated alkanes) is 10. The topological polar surface area (TPSA) is 3.24 Å². The minimum absolute atomic E-state index is 1.16. The molecule has 0 rings (SSSR count). The van der Waals surface area contributed by atoms with E-state index in [9.17, 15) is 0 Å². The Morgan fingerprint density at radius 2 is 0.792 bits per heavy atom. The van der Waals surface area contributed by atoms with Gasteiger partial charge in [-0.05, 0) is 44.1 Å². The molecule has 24 heavy (non-hydrogen) atoms. The summed E-state index contributed by atoms with van der Waals surface area (Å²) in [6.07, 6.45) is 17.2. The molecule has 0 aliphatic heterocycles. The van der Waals surface area contributed by atoms with Crippen LogP contribution in [0.15, 0.2) is 0 Å². The zero-order valence-corrected chi connectivity index (χ0v) is 19.0. The van der Waals surface area contributed by atoms with E-state index in [-0.39, 0.29) is 0 Å². The van der Waals surface area contributed by atoms with E-state index in [1.165, 1.54) is 108 Å². The summed E-state index contributed by atoms with van der Waals surface area (Å²) in [5.74, 6) is 0. The summed E-state index contributed by atoms with van der Waals surface area (Å²) in [6, 6.07) is 4.35. The first-order chi connectivity index (χ1) is 11.7. The van der Waals surface area contributed by atoms with Crippen LogP contribution in [-0.2, 0) is 0 Å². The van der Waals surface area contributed by atoms with Gasteiger partial charge in [-0.2, -0.15) is 0 Å². The van der Waals surface area contributed by atoms with Gasteiger partial charge in [0, 0.05) is 0 Å². The van der Waals surface area contributed by atoms with E-state index in [1.54, 1.807) is 0 Å². The van der Waals surface area contributed by atoms with Crippen molar-refractivity contribution in [3.05, 3.63) is 0 Å². The maximum absolute atomic E-state index is 3.02. The molecule has 0 saturated carbocycles. The van der Waals surface area contributed by atoms with Crippen LogP contribution >= 0.6 is 0 Å². The molecule has 0 aliphatic carbocycles. The molecule has 0 saturated heterocycles. The lowest BCUT2D eigenvalue weighted by atomic mass is 10.1. The average Bonchev–Trinajstić information content (AvgIpc) is 2.62. The quantitative estimate of drug-likeness (QED) is 0.178. The van der Waals surface area contributed by atoms with Gasteiger partial charge in [-0.25, -0.2) is 0 Å². The Labute approximate surface area is 156 Å². The molecule has 0 heterocycles. The summed E-state index contributed by atoms with van der Waals surface area (Å²) in [5.41, 5.74) is 0. The van der Waals surface area contributed by atoms with E-state index < -0.39 is 8.24 Å². The van der Waals surface area contributed by atoms with Gasteiger partial charge in [0.05, 0.1) is 0 Å². The summed E-state index contributed by atoms with van der Waals surface area (Å²) in [4.78, 5) is 0. The molecule has 0 aromatic heterocycles. The highest BCUT2D eigenvalue weighted by molar-refractivity contribution is 6.77. The molecule has 0 spiro atoms. The van der Waals surface area contributed by atoms with Crippen LogP contribution in [0.5, 0.6) is 0 Å². The highest BCUT2D eigenvalue weighted by Crippen LogP contribution is 2.26. The molecule has 0 bridgehead atoms. The van der Waals surface area contributed by atoms with Gasteiger partial charge in [0.2, 0.25) is 0 Å². The third-order valence-corrected chi connectivity index (χ3v) is 11.9. The van der Waals surface area contributed by atoms with Crippen molar-refractivity contribution >= 4 is 8.24 Å². The number of hydrogen-bond acceptors (Lipinski definition) is 1. The van der Waals surface area contributed by atoms with Crippen LogP contribution in [0.25, 0.3) is 0 Å². The largest absolute Gasteiger partial charge is 0.323 e. The van der Waals surface area contributed by atoms with Gasteiger partial charge in [-0.15, -0.1) is 0 Å². The molecule has 0 amide bonds. The third-order valence-electron chi connectivity index (χ3n) is 6.21. The van der Waals surface area contributed by atoms with Crippen molar-refractivity contribution in [2.24, 2.45) is 0 Å². The molecular weight excluding hydrogens is 306 g/mol. The Morgan fingerprint density at radius 1 is 0.458 bits per heavy atom. The summed E-state index contributed by atoms with van der Waals surface area (Å²) in [6.45, 7) is 14.8. The highest BCUT2D eigenvalue weighted by Gasteiger charge is 2.33. The van der Waals surface area contributed by atoms with Crippen LogP contribution in [0, 0.1) is 0 Å². The minimum Gasteiger partial charge on any atom is -0.323 e. The van der Waals surface area contributed by atoms with Gasteiger partial charge >= 0.3 is 0 Å². The second-order valence-electron chi connectivity index (χ2n) is 7.81. The van der Waals surface area contributed by atoms with E-state index >= 15 is 0 Å². The van der Waals surface area contributed by atoms with Crippen molar-refractivity contribution in [3.63, 3.8) is 0 Å².